The van der Waals surface area contributed by atoms with Gasteiger partial charge in [0.2, 0.25) is 0 Å². The van der Waals surface area contributed by atoms with Gasteiger partial charge in [-0.05, 0) is 28.7 Å². The molecule has 2 aromatic rings. The van der Waals surface area contributed by atoms with Crippen LogP contribution in [0.25, 0.3) is 0 Å². The molecule has 2 aromatic carbocycles. The molecule has 4 rings (SSSR count). The van der Waals surface area contributed by atoms with Gasteiger partial charge in [0.05, 0.1) is 25.4 Å². The summed E-state index contributed by atoms with van der Waals surface area (Å²) in [5.41, 5.74) is 5.49. The summed E-state index contributed by atoms with van der Waals surface area (Å²) < 4.78 is 10.5. The second kappa shape index (κ2) is 5.63. The van der Waals surface area contributed by atoms with Gasteiger partial charge in [-0.3, -0.25) is 0 Å². The van der Waals surface area contributed by atoms with Gasteiger partial charge in [0, 0.05) is 12.8 Å². The van der Waals surface area contributed by atoms with E-state index in [2.05, 4.69) is 48.5 Å². The summed E-state index contributed by atoms with van der Waals surface area (Å²) in [5, 5.41) is 0. The lowest BCUT2D eigenvalue weighted by Gasteiger charge is -2.05. The molecule has 0 radical (unpaired) electrons. The average Bonchev–Trinajstić information content (AvgIpc) is 3.40. The van der Waals surface area contributed by atoms with Crippen LogP contribution < -0.4 is 0 Å². The van der Waals surface area contributed by atoms with Gasteiger partial charge in [-0.15, -0.1) is 0 Å². The molecule has 108 valence electrons. The van der Waals surface area contributed by atoms with Crippen LogP contribution in [0.3, 0.4) is 0 Å². The first-order chi connectivity index (χ1) is 10.3. The maximum absolute atomic E-state index is 5.27. The maximum atomic E-state index is 5.27. The minimum atomic E-state index is 0.471. The highest BCUT2D eigenvalue weighted by molar-refractivity contribution is 5.31. The Kier molecular flexibility index (Phi) is 3.50. The highest BCUT2D eigenvalue weighted by Crippen LogP contribution is 2.19. The predicted molar refractivity (Wildman–Crippen MR) is 82.6 cm³/mol. The minimum absolute atomic E-state index is 0.471. The van der Waals surface area contributed by atoms with E-state index in [1.165, 1.54) is 22.3 Å². The first-order valence-electron chi connectivity index (χ1n) is 7.74. The van der Waals surface area contributed by atoms with Crippen molar-refractivity contribution < 1.29 is 9.47 Å². The van der Waals surface area contributed by atoms with Crippen LogP contribution in [-0.4, -0.2) is 25.4 Å². The lowest BCUT2D eigenvalue weighted by molar-refractivity contribution is 0.407. The van der Waals surface area contributed by atoms with E-state index in [0.29, 0.717) is 12.2 Å². The van der Waals surface area contributed by atoms with Gasteiger partial charge in [0.1, 0.15) is 0 Å². The van der Waals surface area contributed by atoms with Crippen molar-refractivity contribution in [2.75, 3.05) is 13.2 Å². The van der Waals surface area contributed by atoms with Gasteiger partial charge in [-0.2, -0.15) is 0 Å². The molecule has 21 heavy (non-hydrogen) atoms. The van der Waals surface area contributed by atoms with E-state index in [4.69, 9.17) is 9.47 Å². The molecule has 0 aliphatic carbocycles. The second-order valence-corrected chi connectivity index (χ2v) is 6.13. The average molecular weight is 280 g/mol. The highest BCUT2D eigenvalue weighted by atomic mass is 16.6. The third-order valence-electron chi connectivity index (χ3n) is 4.19. The molecule has 2 unspecified atom stereocenters. The quantitative estimate of drug-likeness (QED) is 0.759. The SMILES string of the molecule is c1cc(CC2CO2)ccc1Cc1ccc(CC2CO2)cc1. The van der Waals surface area contributed by atoms with Crippen molar-refractivity contribution in [3.05, 3.63) is 70.8 Å². The zero-order valence-electron chi connectivity index (χ0n) is 12.1. The minimum Gasteiger partial charge on any atom is -0.373 e. The molecule has 0 bridgehead atoms. The third-order valence-corrected chi connectivity index (χ3v) is 4.19. The van der Waals surface area contributed by atoms with Crippen molar-refractivity contribution in [2.24, 2.45) is 0 Å². The van der Waals surface area contributed by atoms with E-state index in [1.807, 2.05) is 0 Å². The molecule has 2 aliphatic rings. The maximum Gasteiger partial charge on any atom is 0.0850 e. The molecule has 2 aliphatic heterocycles. The Bertz CT molecular complexity index is 537. The Labute approximate surface area is 125 Å². The number of hydrogen-bond donors (Lipinski definition) is 0. The van der Waals surface area contributed by atoms with Crippen LogP contribution in [0.5, 0.6) is 0 Å². The predicted octanol–water partition coefficient (Wildman–Crippen LogP) is 3.16. The van der Waals surface area contributed by atoms with Crippen LogP contribution in [0.2, 0.25) is 0 Å². The van der Waals surface area contributed by atoms with Crippen LogP contribution in [0.1, 0.15) is 22.3 Å². The van der Waals surface area contributed by atoms with E-state index in [1.54, 1.807) is 0 Å². The highest BCUT2D eigenvalue weighted by Gasteiger charge is 2.22. The fourth-order valence-electron chi connectivity index (χ4n) is 2.72. The molecule has 2 heteroatoms. The van der Waals surface area contributed by atoms with Crippen molar-refractivity contribution in [3.8, 4) is 0 Å². The summed E-state index contributed by atoms with van der Waals surface area (Å²) >= 11 is 0. The largest absolute Gasteiger partial charge is 0.373 e. The van der Waals surface area contributed by atoms with Gasteiger partial charge in [-0.1, -0.05) is 48.5 Å². The zero-order valence-corrected chi connectivity index (χ0v) is 12.1. The summed E-state index contributed by atoms with van der Waals surface area (Å²) in [6, 6.07) is 17.9. The van der Waals surface area contributed by atoms with Gasteiger partial charge in [0.25, 0.3) is 0 Å². The monoisotopic (exact) mass is 280 g/mol. The molecule has 2 nitrogen and oxygen atoms in total. The van der Waals surface area contributed by atoms with Gasteiger partial charge in [0.15, 0.2) is 0 Å². The summed E-state index contributed by atoms with van der Waals surface area (Å²) in [6.07, 6.45) is 4.05. The molecule has 0 saturated carbocycles. The molecular formula is C19H20O2. The Morgan fingerprint density at radius 3 is 1.29 bits per heavy atom. The lowest BCUT2D eigenvalue weighted by Crippen LogP contribution is -1.95. The fraction of sp³-hybridized carbons (Fsp3) is 0.368. The molecule has 0 N–H and O–H groups in total. The van der Waals surface area contributed by atoms with Crippen molar-refractivity contribution >= 4 is 0 Å². The van der Waals surface area contributed by atoms with Crippen molar-refractivity contribution in [1.82, 2.24) is 0 Å². The zero-order chi connectivity index (χ0) is 14.1. The molecular weight excluding hydrogens is 260 g/mol. The van der Waals surface area contributed by atoms with E-state index >= 15 is 0 Å². The van der Waals surface area contributed by atoms with Crippen molar-refractivity contribution in [2.45, 2.75) is 31.5 Å². The fourth-order valence-corrected chi connectivity index (χ4v) is 2.72. The van der Waals surface area contributed by atoms with Crippen molar-refractivity contribution in [1.29, 1.82) is 0 Å². The van der Waals surface area contributed by atoms with E-state index in [9.17, 15) is 0 Å². The van der Waals surface area contributed by atoms with Crippen molar-refractivity contribution in [3.63, 3.8) is 0 Å². The standard InChI is InChI=1S/C19H20O2/c1-5-16(10-18-12-20-18)6-2-14(1)9-15-3-7-17(8-4-15)11-19-13-21-19/h1-8,18-19H,9-13H2. The topological polar surface area (TPSA) is 25.1 Å². The number of benzene rings is 2. The van der Waals surface area contributed by atoms with Gasteiger partial charge in [-0.25, -0.2) is 0 Å². The summed E-state index contributed by atoms with van der Waals surface area (Å²) in [6.45, 7) is 1.86. The Hall–Kier alpha value is -1.64. The molecule has 0 spiro atoms. The smallest absolute Gasteiger partial charge is 0.0850 e. The Balaban J connectivity index is 1.37. The van der Waals surface area contributed by atoms with E-state index in [-0.39, 0.29) is 0 Å². The van der Waals surface area contributed by atoms with E-state index in [0.717, 1.165) is 32.5 Å². The number of ether oxygens (including phenoxy) is 2. The van der Waals surface area contributed by atoms with Crippen LogP contribution in [-0.2, 0) is 28.7 Å². The summed E-state index contributed by atoms with van der Waals surface area (Å²) in [7, 11) is 0. The Morgan fingerprint density at radius 1 is 0.619 bits per heavy atom. The van der Waals surface area contributed by atoms with Gasteiger partial charge < -0.3 is 9.47 Å². The summed E-state index contributed by atoms with van der Waals surface area (Å²) in [5.74, 6) is 0. The van der Waals surface area contributed by atoms with Gasteiger partial charge >= 0.3 is 0 Å². The second-order valence-electron chi connectivity index (χ2n) is 6.13. The number of hydrogen-bond acceptors (Lipinski definition) is 2. The van der Waals surface area contributed by atoms with E-state index < -0.39 is 0 Å². The number of rotatable bonds is 6. The molecule has 2 saturated heterocycles. The summed E-state index contributed by atoms with van der Waals surface area (Å²) in [4.78, 5) is 0. The first kappa shape index (κ1) is 13.1. The third kappa shape index (κ3) is 3.72. The lowest BCUT2D eigenvalue weighted by atomic mass is 10.0. The van der Waals surface area contributed by atoms with Crippen LogP contribution in [0.4, 0.5) is 0 Å². The molecule has 2 heterocycles. The van der Waals surface area contributed by atoms with Crippen LogP contribution in [0.15, 0.2) is 48.5 Å². The molecule has 0 amide bonds. The molecule has 0 aromatic heterocycles. The Morgan fingerprint density at radius 2 is 0.952 bits per heavy atom. The first-order valence-corrected chi connectivity index (χ1v) is 7.74. The number of epoxide rings is 2. The van der Waals surface area contributed by atoms with Crippen LogP contribution in [0, 0.1) is 0 Å². The normalized spacial score (nSPS) is 23.0. The molecule has 2 fully saturated rings. The van der Waals surface area contributed by atoms with Crippen LogP contribution >= 0.6 is 0 Å². The molecule has 2 atom stereocenters.